The predicted octanol–water partition coefficient (Wildman–Crippen LogP) is 1.96. The summed E-state index contributed by atoms with van der Waals surface area (Å²) < 4.78 is 2.62. The smallest absolute Gasteiger partial charge is 0.220 e. The molecule has 0 atom stereocenters. The lowest BCUT2D eigenvalue weighted by Crippen LogP contribution is -2.16. The summed E-state index contributed by atoms with van der Waals surface area (Å²) in [5.74, 6) is 3.17. The molecule has 0 bridgehead atoms. The van der Waals surface area contributed by atoms with Gasteiger partial charge in [-0.2, -0.15) is 0 Å². The van der Waals surface area contributed by atoms with Crippen LogP contribution in [0.5, 0.6) is 0 Å². The number of hydrogen-bond acceptors (Lipinski definition) is 3. The fourth-order valence-electron chi connectivity index (χ4n) is 2.45. The van der Waals surface area contributed by atoms with Crippen molar-refractivity contribution in [3.63, 3.8) is 0 Å². The Bertz CT molecular complexity index is 401. The van der Waals surface area contributed by atoms with E-state index in [2.05, 4.69) is 10.2 Å². The quantitative estimate of drug-likeness (QED) is 0.769. The topological polar surface area (TPSA) is 59.6 Å². The molecule has 0 aliphatic heterocycles. The molecule has 1 aromatic rings. The van der Waals surface area contributed by atoms with Crippen LogP contribution in [0.3, 0.4) is 0 Å². The van der Waals surface area contributed by atoms with Crippen molar-refractivity contribution < 1.29 is 0 Å². The fourth-order valence-corrected chi connectivity index (χ4v) is 2.66. The Morgan fingerprint density at radius 2 is 2.00 bits per heavy atom. The highest BCUT2D eigenvalue weighted by molar-refractivity contribution is 7.71. The summed E-state index contributed by atoms with van der Waals surface area (Å²) in [5.41, 5.74) is 5.78. The normalized spacial score (nSPS) is 21.1. The molecule has 2 aliphatic rings. The van der Waals surface area contributed by atoms with E-state index in [-0.39, 0.29) is 0 Å². The van der Waals surface area contributed by atoms with Crippen LogP contribution in [-0.2, 0) is 6.54 Å². The monoisotopic (exact) mass is 224 g/mol. The summed E-state index contributed by atoms with van der Waals surface area (Å²) in [6.07, 6.45) is 5.58. The van der Waals surface area contributed by atoms with Gasteiger partial charge in [0, 0.05) is 6.54 Å². The van der Waals surface area contributed by atoms with E-state index in [1.165, 1.54) is 25.7 Å². The van der Waals surface area contributed by atoms with Gasteiger partial charge >= 0.3 is 0 Å². The third-order valence-electron chi connectivity index (χ3n) is 3.64. The standard InChI is InChI=1S/C10H16N4S/c11-9-12-13-10(15)14(9)5-8(6-1-2-6)7-3-4-7/h6-8H,1-5H2,(H2,11,12)(H,13,15). The first-order valence-electron chi connectivity index (χ1n) is 5.66. The van der Waals surface area contributed by atoms with Gasteiger partial charge in [-0.25, -0.2) is 5.10 Å². The van der Waals surface area contributed by atoms with Gasteiger partial charge in [-0.3, -0.25) is 4.57 Å². The Morgan fingerprint density at radius 1 is 1.40 bits per heavy atom. The minimum Gasteiger partial charge on any atom is -0.368 e. The van der Waals surface area contributed by atoms with Gasteiger partial charge in [-0.1, -0.05) is 0 Å². The second kappa shape index (κ2) is 3.33. The third-order valence-corrected chi connectivity index (χ3v) is 3.95. The van der Waals surface area contributed by atoms with Crippen LogP contribution < -0.4 is 5.73 Å². The maximum absolute atomic E-state index is 5.78. The van der Waals surface area contributed by atoms with Crippen molar-refractivity contribution >= 4 is 18.2 Å². The molecular weight excluding hydrogens is 208 g/mol. The van der Waals surface area contributed by atoms with Crippen LogP contribution in [0.25, 0.3) is 0 Å². The van der Waals surface area contributed by atoms with Crippen molar-refractivity contribution in [2.45, 2.75) is 32.2 Å². The lowest BCUT2D eigenvalue weighted by atomic mass is 9.98. The number of nitrogens with two attached hydrogens (primary N) is 1. The molecule has 5 heteroatoms. The molecule has 4 nitrogen and oxygen atoms in total. The first kappa shape index (κ1) is 9.39. The van der Waals surface area contributed by atoms with Crippen LogP contribution in [0.1, 0.15) is 25.7 Å². The van der Waals surface area contributed by atoms with E-state index >= 15 is 0 Å². The number of aromatic amines is 1. The van der Waals surface area contributed by atoms with Gasteiger partial charge in [0.2, 0.25) is 5.95 Å². The summed E-state index contributed by atoms with van der Waals surface area (Å²) >= 11 is 5.17. The van der Waals surface area contributed by atoms with Crippen LogP contribution in [0.4, 0.5) is 5.95 Å². The van der Waals surface area contributed by atoms with Crippen molar-refractivity contribution in [1.29, 1.82) is 0 Å². The fraction of sp³-hybridized carbons (Fsp3) is 0.800. The number of hydrogen-bond donors (Lipinski definition) is 2. The maximum Gasteiger partial charge on any atom is 0.220 e. The summed E-state index contributed by atoms with van der Waals surface area (Å²) in [4.78, 5) is 0. The van der Waals surface area contributed by atoms with Crippen LogP contribution in [-0.4, -0.2) is 14.8 Å². The van der Waals surface area contributed by atoms with Gasteiger partial charge < -0.3 is 5.73 Å². The summed E-state index contributed by atoms with van der Waals surface area (Å²) in [6.45, 7) is 0.969. The van der Waals surface area contributed by atoms with E-state index in [1.54, 1.807) is 0 Å². The molecule has 0 radical (unpaired) electrons. The van der Waals surface area contributed by atoms with E-state index in [0.29, 0.717) is 10.7 Å². The summed E-state index contributed by atoms with van der Waals surface area (Å²) in [7, 11) is 0. The summed E-state index contributed by atoms with van der Waals surface area (Å²) in [6, 6.07) is 0. The van der Waals surface area contributed by atoms with Crippen LogP contribution >= 0.6 is 12.2 Å². The molecule has 0 aromatic carbocycles. The van der Waals surface area contributed by atoms with Crippen molar-refractivity contribution in [2.75, 3.05) is 5.73 Å². The molecule has 0 amide bonds. The molecule has 82 valence electrons. The number of aromatic nitrogens is 3. The van der Waals surface area contributed by atoms with Gasteiger partial charge in [0.1, 0.15) is 0 Å². The maximum atomic E-state index is 5.78. The van der Waals surface area contributed by atoms with E-state index in [0.717, 1.165) is 24.3 Å². The zero-order valence-corrected chi connectivity index (χ0v) is 9.46. The molecule has 0 unspecified atom stereocenters. The van der Waals surface area contributed by atoms with E-state index in [9.17, 15) is 0 Å². The SMILES string of the molecule is Nc1n[nH]c(=S)n1CC(C1CC1)C1CC1. The second-order valence-electron chi connectivity index (χ2n) is 4.84. The number of nitrogens with zero attached hydrogens (tertiary/aromatic N) is 2. The van der Waals surface area contributed by atoms with Crippen LogP contribution in [0.2, 0.25) is 0 Å². The Kier molecular flexibility index (Phi) is 2.09. The van der Waals surface area contributed by atoms with E-state index < -0.39 is 0 Å². The first-order valence-corrected chi connectivity index (χ1v) is 6.07. The molecule has 15 heavy (non-hydrogen) atoms. The van der Waals surface area contributed by atoms with E-state index in [4.69, 9.17) is 18.0 Å². The van der Waals surface area contributed by atoms with Gasteiger partial charge in [0.05, 0.1) is 0 Å². The van der Waals surface area contributed by atoms with E-state index in [1.807, 2.05) is 4.57 Å². The van der Waals surface area contributed by atoms with Gasteiger partial charge in [-0.15, -0.1) is 5.10 Å². The Labute approximate surface area is 93.9 Å². The molecule has 2 saturated carbocycles. The average molecular weight is 224 g/mol. The molecular formula is C10H16N4S. The zero-order chi connectivity index (χ0) is 10.4. The van der Waals surface area contributed by atoms with Gasteiger partial charge in [0.15, 0.2) is 4.77 Å². The zero-order valence-electron chi connectivity index (χ0n) is 8.65. The number of nitrogen functional groups attached to an aromatic ring is 1. The molecule has 3 N–H and O–H groups in total. The molecule has 2 fully saturated rings. The van der Waals surface area contributed by atoms with Crippen molar-refractivity contribution in [2.24, 2.45) is 17.8 Å². The molecule has 0 saturated heterocycles. The minimum atomic E-state index is 0.534. The number of nitrogens with one attached hydrogen (secondary N) is 1. The third kappa shape index (κ3) is 1.80. The minimum absolute atomic E-state index is 0.534. The average Bonchev–Trinajstić information content (AvgIpc) is 3.09. The Balaban J connectivity index is 1.80. The predicted molar refractivity (Wildman–Crippen MR) is 60.8 cm³/mol. The Morgan fingerprint density at radius 3 is 2.40 bits per heavy atom. The van der Waals surface area contributed by atoms with Crippen molar-refractivity contribution in [3.05, 3.63) is 4.77 Å². The molecule has 2 aliphatic carbocycles. The first-order chi connectivity index (χ1) is 7.25. The van der Waals surface area contributed by atoms with Crippen LogP contribution in [0.15, 0.2) is 0 Å². The second-order valence-corrected chi connectivity index (χ2v) is 5.22. The molecule has 1 heterocycles. The Hall–Kier alpha value is -0.840. The van der Waals surface area contributed by atoms with Gasteiger partial charge in [0.25, 0.3) is 0 Å². The highest BCUT2D eigenvalue weighted by Gasteiger charge is 2.41. The van der Waals surface area contributed by atoms with Crippen LogP contribution in [0, 0.1) is 22.5 Å². The summed E-state index contributed by atoms with van der Waals surface area (Å²) in [5, 5.41) is 6.70. The highest BCUT2D eigenvalue weighted by atomic mass is 32.1. The molecule has 0 spiro atoms. The van der Waals surface area contributed by atoms with Gasteiger partial charge in [-0.05, 0) is 55.7 Å². The molecule has 1 aromatic heterocycles. The lowest BCUT2D eigenvalue weighted by Gasteiger charge is -2.16. The number of H-pyrrole nitrogens is 1. The highest BCUT2D eigenvalue weighted by Crippen LogP contribution is 2.49. The molecule has 3 rings (SSSR count). The number of rotatable bonds is 4. The van der Waals surface area contributed by atoms with Crippen molar-refractivity contribution in [1.82, 2.24) is 14.8 Å². The number of anilines is 1. The lowest BCUT2D eigenvalue weighted by molar-refractivity contribution is 0.349. The van der Waals surface area contributed by atoms with Crippen molar-refractivity contribution in [3.8, 4) is 0 Å². The largest absolute Gasteiger partial charge is 0.368 e.